The zero-order chi connectivity index (χ0) is 23.1. The van der Waals surface area contributed by atoms with Gasteiger partial charge in [0, 0.05) is 44.8 Å². The molecule has 2 atom stereocenters. The molecule has 176 valence electrons. The van der Waals surface area contributed by atoms with Gasteiger partial charge in [0.15, 0.2) is 5.96 Å². The van der Waals surface area contributed by atoms with Gasteiger partial charge >= 0.3 is 6.18 Å². The van der Waals surface area contributed by atoms with E-state index in [-0.39, 0.29) is 17.5 Å². The Bertz CT molecular complexity index is 690. The van der Waals surface area contributed by atoms with Crippen molar-refractivity contribution in [3.63, 3.8) is 0 Å². The average molecular weight is 442 g/mol. The summed E-state index contributed by atoms with van der Waals surface area (Å²) in [6, 6.07) is 10.5. The second kappa shape index (κ2) is 11.2. The molecule has 1 aromatic rings. The molecule has 0 radical (unpaired) electrons. The molecule has 8 heteroatoms. The van der Waals surface area contributed by atoms with E-state index in [1.165, 1.54) is 10.5 Å². The number of alkyl halides is 3. The summed E-state index contributed by atoms with van der Waals surface area (Å²) in [6.07, 6.45) is -3.27. The van der Waals surface area contributed by atoms with Crippen molar-refractivity contribution in [3.8, 4) is 0 Å². The number of nitrogens with zero attached hydrogens (tertiary/aromatic N) is 3. The topological polar surface area (TPSA) is 42.9 Å². The fraction of sp³-hybridized carbons (Fsp3) is 0.696. The highest BCUT2D eigenvalue weighted by molar-refractivity contribution is 5.80. The van der Waals surface area contributed by atoms with Crippen LogP contribution in [0.15, 0.2) is 35.3 Å². The number of benzene rings is 1. The average Bonchev–Trinajstić information content (AvgIpc) is 3.15. The van der Waals surface area contributed by atoms with Crippen LogP contribution in [0.4, 0.5) is 13.2 Å². The van der Waals surface area contributed by atoms with E-state index in [0.29, 0.717) is 19.6 Å². The molecule has 1 aromatic carbocycles. The summed E-state index contributed by atoms with van der Waals surface area (Å²) in [5.74, 6) is 1.02. The molecule has 2 unspecified atom stereocenters. The molecule has 0 amide bonds. The van der Waals surface area contributed by atoms with Crippen LogP contribution >= 0.6 is 0 Å². The minimum absolute atomic E-state index is 0.171. The molecule has 5 nitrogen and oxygen atoms in total. The molecule has 0 saturated carbocycles. The summed E-state index contributed by atoms with van der Waals surface area (Å²) >= 11 is 0. The number of hydrogen-bond acceptors (Lipinski definition) is 3. The number of nitrogens with one attached hydrogen (secondary N) is 2. The van der Waals surface area contributed by atoms with Crippen molar-refractivity contribution in [1.29, 1.82) is 0 Å². The third-order valence-corrected chi connectivity index (χ3v) is 5.76. The Kier molecular flexibility index (Phi) is 9.18. The molecule has 31 heavy (non-hydrogen) atoms. The van der Waals surface area contributed by atoms with Crippen LogP contribution in [0, 0.1) is 5.92 Å². The van der Waals surface area contributed by atoms with Crippen molar-refractivity contribution in [1.82, 2.24) is 20.4 Å². The van der Waals surface area contributed by atoms with Crippen LogP contribution < -0.4 is 10.6 Å². The second-order valence-corrected chi connectivity index (χ2v) is 9.10. The number of hydrogen-bond donors (Lipinski definition) is 2. The molecule has 1 heterocycles. The van der Waals surface area contributed by atoms with Gasteiger partial charge in [-0.15, -0.1) is 0 Å². The van der Waals surface area contributed by atoms with Gasteiger partial charge in [0.1, 0.15) is 0 Å². The van der Waals surface area contributed by atoms with Crippen molar-refractivity contribution in [2.45, 2.75) is 51.9 Å². The van der Waals surface area contributed by atoms with Crippen LogP contribution in [-0.2, 0) is 0 Å². The maximum absolute atomic E-state index is 12.7. The Hall–Kier alpha value is -1.80. The summed E-state index contributed by atoms with van der Waals surface area (Å²) in [4.78, 5) is 8.06. The standard InChI is InChI=1S/C23H38F3N5/c1-6-30(17-23(24,25)26)14-19-12-13-31(15-19)21(27-5)28-16-22(3,4)29-18(2)20-10-8-7-9-11-20/h7-11,18-19,29H,6,12-17H2,1-5H3,(H,27,28). The number of rotatable bonds is 9. The molecule has 0 aliphatic carbocycles. The molecule has 0 aromatic heterocycles. The predicted molar refractivity (Wildman–Crippen MR) is 121 cm³/mol. The van der Waals surface area contributed by atoms with E-state index in [1.807, 2.05) is 18.2 Å². The molecule has 1 saturated heterocycles. The predicted octanol–water partition coefficient (Wildman–Crippen LogP) is 3.90. The lowest BCUT2D eigenvalue weighted by atomic mass is 10.0. The fourth-order valence-electron chi connectivity index (χ4n) is 4.19. The second-order valence-electron chi connectivity index (χ2n) is 9.10. The highest BCUT2D eigenvalue weighted by atomic mass is 19.4. The molecule has 0 bridgehead atoms. The Morgan fingerprint density at radius 2 is 1.94 bits per heavy atom. The van der Waals surface area contributed by atoms with Gasteiger partial charge in [-0.3, -0.25) is 9.89 Å². The van der Waals surface area contributed by atoms with Gasteiger partial charge in [-0.05, 0) is 45.2 Å². The van der Waals surface area contributed by atoms with Gasteiger partial charge in [-0.1, -0.05) is 37.3 Å². The largest absolute Gasteiger partial charge is 0.401 e. The van der Waals surface area contributed by atoms with E-state index in [0.717, 1.165) is 25.5 Å². The van der Waals surface area contributed by atoms with Crippen molar-refractivity contribution in [2.75, 3.05) is 46.3 Å². The first-order valence-electron chi connectivity index (χ1n) is 11.1. The van der Waals surface area contributed by atoms with Crippen molar-refractivity contribution in [2.24, 2.45) is 10.9 Å². The minimum Gasteiger partial charge on any atom is -0.354 e. The maximum Gasteiger partial charge on any atom is 0.401 e. The first-order chi connectivity index (χ1) is 14.5. The Morgan fingerprint density at radius 1 is 1.26 bits per heavy atom. The Balaban J connectivity index is 1.85. The summed E-state index contributed by atoms with van der Waals surface area (Å²) in [5, 5.41) is 7.11. The first-order valence-corrected chi connectivity index (χ1v) is 11.1. The molecule has 2 rings (SSSR count). The van der Waals surface area contributed by atoms with Gasteiger partial charge in [0.05, 0.1) is 6.54 Å². The van der Waals surface area contributed by atoms with E-state index >= 15 is 0 Å². The van der Waals surface area contributed by atoms with Crippen molar-refractivity contribution >= 4 is 5.96 Å². The van der Waals surface area contributed by atoms with Gasteiger partial charge in [0.25, 0.3) is 0 Å². The molecule has 0 spiro atoms. The maximum atomic E-state index is 12.7. The molecular weight excluding hydrogens is 403 g/mol. The monoisotopic (exact) mass is 441 g/mol. The summed E-state index contributed by atoms with van der Waals surface area (Å²) in [6.45, 7) is 10.5. The van der Waals surface area contributed by atoms with E-state index < -0.39 is 12.7 Å². The quantitative estimate of drug-likeness (QED) is 0.451. The third kappa shape index (κ3) is 8.69. The normalized spacial score (nSPS) is 19.2. The molecular formula is C23H38F3N5. The molecule has 1 aliphatic heterocycles. The van der Waals surface area contributed by atoms with Crippen LogP contribution in [0.5, 0.6) is 0 Å². The van der Waals surface area contributed by atoms with Crippen LogP contribution in [0.25, 0.3) is 0 Å². The van der Waals surface area contributed by atoms with Gasteiger partial charge in [-0.2, -0.15) is 13.2 Å². The lowest BCUT2D eigenvalue weighted by Gasteiger charge is -2.33. The van der Waals surface area contributed by atoms with Crippen molar-refractivity contribution < 1.29 is 13.2 Å². The highest BCUT2D eigenvalue weighted by Crippen LogP contribution is 2.22. The van der Waals surface area contributed by atoms with Gasteiger partial charge in [0.2, 0.25) is 0 Å². The van der Waals surface area contributed by atoms with Crippen LogP contribution in [0.1, 0.15) is 45.7 Å². The van der Waals surface area contributed by atoms with E-state index in [9.17, 15) is 13.2 Å². The number of aliphatic imine (C=N–C) groups is 1. The lowest BCUT2D eigenvalue weighted by Crippen LogP contribution is -2.52. The lowest BCUT2D eigenvalue weighted by molar-refractivity contribution is -0.146. The summed E-state index contributed by atoms with van der Waals surface area (Å²) < 4.78 is 38.2. The summed E-state index contributed by atoms with van der Waals surface area (Å²) in [5.41, 5.74) is 1.07. The SMILES string of the molecule is CCN(CC1CCN(C(=NC)NCC(C)(C)NC(C)c2ccccc2)C1)CC(F)(F)F. The number of guanidine groups is 1. The highest BCUT2D eigenvalue weighted by Gasteiger charge is 2.33. The van der Waals surface area contributed by atoms with E-state index in [1.54, 1.807) is 14.0 Å². The summed E-state index contributed by atoms with van der Waals surface area (Å²) in [7, 11) is 1.75. The van der Waals surface area contributed by atoms with E-state index in [2.05, 4.69) is 53.4 Å². The minimum atomic E-state index is -4.15. The zero-order valence-electron chi connectivity index (χ0n) is 19.5. The van der Waals surface area contributed by atoms with Crippen LogP contribution in [0.2, 0.25) is 0 Å². The fourth-order valence-corrected chi connectivity index (χ4v) is 4.19. The smallest absolute Gasteiger partial charge is 0.354 e. The number of likely N-dealkylation sites (tertiary alicyclic amines) is 1. The number of halogens is 3. The first kappa shape index (κ1) is 25.5. The third-order valence-electron chi connectivity index (χ3n) is 5.76. The molecule has 1 aliphatic rings. The molecule has 2 N–H and O–H groups in total. The Morgan fingerprint density at radius 3 is 2.52 bits per heavy atom. The van der Waals surface area contributed by atoms with E-state index in [4.69, 9.17) is 0 Å². The van der Waals surface area contributed by atoms with Crippen LogP contribution in [-0.4, -0.2) is 73.8 Å². The van der Waals surface area contributed by atoms with Crippen molar-refractivity contribution in [3.05, 3.63) is 35.9 Å². The van der Waals surface area contributed by atoms with Gasteiger partial charge < -0.3 is 15.5 Å². The van der Waals surface area contributed by atoms with Crippen LogP contribution in [0.3, 0.4) is 0 Å². The Labute approximate surface area is 185 Å². The molecule has 1 fully saturated rings. The zero-order valence-corrected chi connectivity index (χ0v) is 19.5. The van der Waals surface area contributed by atoms with Gasteiger partial charge in [-0.25, -0.2) is 0 Å².